The molecule has 2 aromatic heterocycles. The van der Waals surface area contributed by atoms with Crippen molar-refractivity contribution in [2.75, 3.05) is 0 Å². The van der Waals surface area contributed by atoms with Crippen LogP contribution in [0.2, 0.25) is 0 Å². The number of hydrogen-bond donors (Lipinski definition) is 0. The molecule has 0 saturated carbocycles. The van der Waals surface area contributed by atoms with Gasteiger partial charge >= 0.3 is 0 Å². The second kappa shape index (κ2) is 7.14. The lowest BCUT2D eigenvalue weighted by Crippen LogP contribution is -2.15. The summed E-state index contributed by atoms with van der Waals surface area (Å²) < 4.78 is 8.43. The molecule has 0 amide bonds. The molecular weight excluding hydrogens is 320 g/mol. The number of aromatic nitrogens is 2. The minimum Gasteiger partial charge on any atom is -0.475 e. The number of aryl methyl sites for hydroxylation is 5. The first kappa shape index (κ1) is 18.5. The zero-order valence-corrected chi connectivity index (χ0v) is 17.1. The van der Waals surface area contributed by atoms with Crippen molar-refractivity contribution in [3.05, 3.63) is 52.3 Å². The quantitative estimate of drug-likeness (QED) is 0.555. The van der Waals surface area contributed by atoms with Gasteiger partial charge in [-0.15, -0.1) is 0 Å². The van der Waals surface area contributed by atoms with Gasteiger partial charge in [0.25, 0.3) is 0 Å². The van der Waals surface area contributed by atoms with Gasteiger partial charge in [-0.1, -0.05) is 31.5 Å². The van der Waals surface area contributed by atoms with Crippen LogP contribution in [0, 0.1) is 34.6 Å². The van der Waals surface area contributed by atoms with Crippen LogP contribution in [0.25, 0.3) is 16.8 Å². The van der Waals surface area contributed by atoms with Crippen LogP contribution in [0.4, 0.5) is 0 Å². The Hall–Kier alpha value is -2.29. The zero-order valence-electron chi connectivity index (χ0n) is 17.1. The van der Waals surface area contributed by atoms with Crippen molar-refractivity contribution < 1.29 is 4.74 Å². The maximum Gasteiger partial charge on any atom is 0.201 e. The number of benzene rings is 1. The van der Waals surface area contributed by atoms with Crippen molar-refractivity contribution in [2.45, 2.75) is 67.4 Å². The summed E-state index contributed by atoms with van der Waals surface area (Å²) in [5, 5.41) is 0. The fourth-order valence-electron chi connectivity index (χ4n) is 3.94. The Kier molecular flexibility index (Phi) is 5.08. The standard InChI is InChI=1S/C23H30N2O/c1-8-19(9-2)26-20-12-18(7)24-23-22(17(6)13-25(20)23)21-15(4)10-14(3)11-16(21)5/h10-13,19H,8-9H2,1-7H3. The van der Waals surface area contributed by atoms with Crippen LogP contribution in [-0.2, 0) is 0 Å². The molecule has 3 rings (SSSR count). The van der Waals surface area contributed by atoms with Crippen molar-refractivity contribution >= 4 is 5.65 Å². The van der Waals surface area contributed by atoms with E-state index >= 15 is 0 Å². The molecule has 0 aliphatic carbocycles. The molecule has 26 heavy (non-hydrogen) atoms. The molecule has 0 saturated heterocycles. The van der Waals surface area contributed by atoms with Gasteiger partial charge in [0.1, 0.15) is 5.65 Å². The molecule has 1 aromatic carbocycles. The van der Waals surface area contributed by atoms with Gasteiger partial charge in [0, 0.05) is 23.5 Å². The average Bonchev–Trinajstić information content (AvgIpc) is 2.88. The lowest BCUT2D eigenvalue weighted by molar-refractivity contribution is 0.182. The van der Waals surface area contributed by atoms with Crippen LogP contribution in [0.5, 0.6) is 5.88 Å². The first-order chi connectivity index (χ1) is 12.3. The Labute approximate surface area is 157 Å². The molecule has 0 spiro atoms. The number of nitrogens with zero attached hydrogens (tertiary/aromatic N) is 2. The second-order valence-electron chi connectivity index (χ2n) is 7.45. The van der Waals surface area contributed by atoms with E-state index in [1.54, 1.807) is 0 Å². The molecular formula is C23H30N2O. The van der Waals surface area contributed by atoms with Crippen molar-refractivity contribution in [1.82, 2.24) is 9.38 Å². The van der Waals surface area contributed by atoms with E-state index in [0.29, 0.717) is 0 Å². The summed E-state index contributed by atoms with van der Waals surface area (Å²) in [6, 6.07) is 6.55. The topological polar surface area (TPSA) is 26.5 Å². The van der Waals surface area contributed by atoms with Gasteiger partial charge in [-0.2, -0.15) is 0 Å². The van der Waals surface area contributed by atoms with E-state index in [1.165, 1.54) is 33.4 Å². The van der Waals surface area contributed by atoms with E-state index < -0.39 is 0 Å². The molecule has 3 nitrogen and oxygen atoms in total. The van der Waals surface area contributed by atoms with Gasteiger partial charge in [0.05, 0.1) is 6.10 Å². The third-order valence-corrected chi connectivity index (χ3v) is 5.15. The molecule has 0 radical (unpaired) electrons. The van der Waals surface area contributed by atoms with Crippen molar-refractivity contribution in [3.8, 4) is 17.0 Å². The first-order valence-electron chi connectivity index (χ1n) is 9.59. The highest BCUT2D eigenvalue weighted by Crippen LogP contribution is 2.36. The van der Waals surface area contributed by atoms with Crippen molar-refractivity contribution in [2.24, 2.45) is 0 Å². The Balaban J connectivity index is 2.26. The van der Waals surface area contributed by atoms with Crippen LogP contribution in [-0.4, -0.2) is 15.5 Å². The Morgan fingerprint density at radius 1 is 0.885 bits per heavy atom. The predicted molar refractivity (Wildman–Crippen MR) is 109 cm³/mol. The van der Waals surface area contributed by atoms with E-state index in [4.69, 9.17) is 9.72 Å². The maximum atomic E-state index is 6.31. The van der Waals surface area contributed by atoms with Crippen LogP contribution in [0.15, 0.2) is 24.4 Å². The first-order valence-corrected chi connectivity index (χ1v) is 9.59. The van der Waals surface area contributed by atoms with Gasteiger partial charge in [-0.3, -0.25) is 4.40 Å². The highest BCUT2D eigenvalue weighted by Gasteiger charge is 2.19. The van der Waals surface area contributed by atoms with Crippen LogP contribution >= 0.6 is 0 Å². The van der Waals surface area contributed by atoms with Gasteiger partial charge in [0.15, 0.2) is 0 Å². The van der Waals surface area contributed by atoms with Crippen molar-refractivity contribution in [3.63, 3.8) is 0 Å². The maximum absolute atomic E-state index is 6.31. The number of ether oxygens (including phenoxy) is 1. The molecule has 138 valence electrons. The average molecular weight is 351 g/mol. The number of hydrogen-bond acceptors (Lipinski definition) is 2. The summed E-state index contributed by atoms with van der Waals surface area (Å²) in [6.45, 7) is 15.1. The van der Waals surface area contributed by atoms with E-state index in [1.807, 2.05) is 13.0 Å². The largest absolute Gasteiger partial charge is 0.475 e. The summed E-state index contributed by atoms with van der Waals surface area (Å²) >= 11 is 0. The summed E-state index contributed by atoms with van der Waals surface area (Å²) in [7, 11) is 0. The molecule has 0 aliphatic rings. The summed E-state index contributed by atoms with van der Waals surface area (Å²) in [5.41, 5.74) is 9.60. The Morgan fingerprint density at radius 2 is 1.50 bits per heavy atom. The van der Waals surface area contributed by atoms with E-state index in [-0.39, 0.29) is 6.10 Å². The smallest absolute Gasteiger partial charge is 0.201 e. The molecule has 2 heterocycles. The van der Waals surface area contributed by atoms with E-state index in [0.717, 1.165) is 30.1 Å². The lowest BCUT2D eigenvalue weighted by Gasteiger charge is -2.17. The summed E-state index contributed by atoms with van der Waals surface area (Å²) in [5.74, 6) is 0.887. The highest BCUT2D eigenvalue weighted by atomic mass is 16.5. The number of rotatable bonds is 5. The molecule has 3 heteroatoms. The summed E-state index contributed by atoms with van der Waals surface area (Å²) in [4.78, 5) is 4.88. The van der Waals surface area contributed by atoms with Gasteiger partial charge < -0.3 is 4.74 Å². The minimum atomic E-state index is 0.231. The summed E-state index contributed by atoms with van der Waals surface area (Å²) in [6.07, 6.45) is 4.40. The van der Waals surface area contributed by atoms with Gasteiger partial charge in [-0.05, 0) is 69.7 Å². The van der Waals surface area contributed by atoms with Crippen molar-refractivity contribution in [1.29, 1.82) is 0 Å². The Morgan fingerprint density at radius 3 is 2.08 bits per heavy atom. The molecule has 0 unspecified atom stereocenters. The number of fused-ring (bicyclic) bond motifs is 1. The highest BCUT2D eigenvalue weighted by molar-refractivity contribution is 5.85. The van der Waals surface area contributed by atoms with E-state index in [2.05, 4.69) is 64.3 Å². The monoisotopic (exact) mass is 350 g/mol. The lowest BCUT2D eigenvalue weighted by atomic mass is 9.93. The van der Waals surface area contributed by atoms with Gasteiger partial charge in [-0.25, -0.2) is 4.98 Å². The molecule has 0 fully saturated rings. The minimum absolute atomic E-state index is 0.231. The second-order valence-corrected chi connectivity index (χ2v) is 7.45. The van der Waals surface area contributed by atoms with Crippen LogP contribution < -0.4 is 4.74 Å². The van der Waals surface area contributed by atoms with Crippen LogP contribution in [0.1, 0.15) is 54.6 Å². The predicted octanol–water partition coefficient (Wildman–Crippen LogP) is 6.11. The normalized spacial score (nSPS) is 11.5. The molecule has 0 aliphatic heterocycles. The third-order valence-electron chi connectivity index (χ3n) is 5.15. The third kappa shape index (κ3) is 3.23. The van der Waals surface area contributed by atoms with E-state index in [9.17, 15) is 0 Å². The molecule has 3 aromatic rings. The molecule has 0 bridgehead atoms. The molecule has 0 atom stereocenters. The SMILES string of the molecule is CCC(CC)Oc1cc(C)nc2c(-c3c(C)cc(C)cc3C)c(C)cn12. The zero-order chi connectivity index (χ0) is 19.0. The Bertz CT molecular complexity index is 925. The fourth-order valence-corrected chi connectivity index (χ4v) is 3.94. The fraction of sp³-hybridized carbons (Fsp3) is 0.435. The molecule has 0 N–H and O–H groups in total. The van der Waals surface area contributed by atoms with Crippen LogP contribution in [0.3, 0.4) is 0 Å². The van der Waals surface area contributed by atoms with Gasteiger partial charge in [0.2, 0.25) is 5.88 Å².